The van der Waals surface area contributed by atoms with E-state index in [1.165, 1.54) is 57.8 Å². The standard InChI is InChI=1S/C31H59N2O6P/c1-3-5-7-9-11-13-14-15-17-19-21-23-25-31(35)33-29(28-39-40(36,37)38-27-26-32)30(34)24-22-20-18-16-12-10-8-6-4-2/h4,6,12,16,22,24,29-30,34H,3,5,7-11,13-15,17-21,23,25-28,32H2,1-2H3,(H,33,35)(H,36,37)/b6-4+,16-12+,24-22+. The lowest BCUT2D eigenvalue weighted by molar-refractivity contribution is -0.123. The summed E-state index contributed by atoms with van der Waals surface area (Å²) in [6.45, 7) is 3.83. The molecular formula is C31H59N2O6P. The van der Waals surface area contributed by atoms with Crippen molar-refractivity contribution >= 4 is 13.7 Å². The van der Waals surface area contributed by atoms with Gasteiger partial charge < -0.3 is 21.1 Å². The number of rotatable bonds is 28. The molecule has 0 aliphatic rings. The molecule has 0 saturated carbocycles. The van der Waals surface area contributed by atoms with Crippen LogP contribution < -0.4 is 11.1 Å². The van der Waals surface area contributed by atoms with Crippen LogP contribution in [0.25, 0.3) is 0 Å². The Hall–Kier alpha value is -1.28. The molecule has 0 fully saturated rings. The minimum Gasteiger partial charge on any atom is -0.387 e. The Morgan fingerprint density at radius 1 is 0.850 bits per heavy atom. The highest BCUT2D eigenvalue weighted by atomic mass is 31.2. The van der Waals surface area contributed by atoms with Crippen LogP contribution in [0.5, 0.6) is 0 Å². The number of phosphoric acid groups is 1. The van der Waals surface area contributed by atoms with Gasteiger partial charge in [-0.05, 0) is 39.0 Å². The first-order valence-electron chi connectivity index (χ1n) is 15.6. The van der Waals surface area contributed by atoms with E-state index in [9.17, 15) is 19.4 Å². The predicted octanol–water partition coefficient (Wildman–Crippen LogP) is 7.26. The summed E-state index contributed by atoms with van der Waals surface area (Å²) in [5.41, 5.74) is 5.32. The van der Waals surface area contributed by atoms with E-state index in [0.29, 0.717) is 6.42 Å². The lowest BCUT2D eigenvalue weighted by Crippen LogP contribution is -2.45. The van der Waals surface area contributed by atoms with Gasteiger partial charge in [0.25, 0.3) is 0 Å². The van der Waals surface area contributed by atoms with E-state index >= 15 is 0 Å². The van der Waals surface area contributed by atoms with Gasteiger partial charge >= 0.3 is 7.82 Å². The number of carbonyl (C=O) groups is 1. The zero-order valence-corrected chi connectivity index (χ0v) is 26.2. The molecule has 0 bridgehead atoms. The van der Waals surface area contributed by atoms with Crippen molar-refractivity contribution in [2.75, 3.05) is 19.8 Å². The van der Waals surface area contributed by atoms with E-state index < -0.39 is 20.0 Å². The summed E-state index contributed by atoms with van der Waals surface area (Å²) in [5, 5.41) is 13.4. The molecule has 0 aliphatic carbocycles. The normalized spacial score (nSPS) is 15.2. The first-order valence-corrected chi connectivity index (χ1v) is 17.1. The second-order valence-corrected chi connectivity index (χ2v) is 11.8. The van der Waals surface area contributed by atoms with Crippen molar-refractivity contribution < 1.29 is 28.4 Å². The van der Waals surface area contributed by atoms with Crippen molar-refractivity contribution in [3.63, 3.8) is 0 Å². The zero-order chi connectivity index (χ0) is 29.7. The third kappa shape index (κ3) is 25.7. The molecule has 0 radical (unpaired) electrons. The Bertz CT molecular complexity index is 729. The van der Waals surface area contributed by atoms with Gasteiger partial charge in [0.1, 0.15) is 0 Å². The summed E-state index contributed by atoms with van der Waals surface area (Å²) < 4.78 is 21.8. The fourth-order valence-electron chi connectivity index (χ4n) is 4.17. The van der Waals surface area contributed by atoms with Gasteiger partial charge in [-0.15, -0.1) is 0 Å². The Balaban J connectivity index is 4.46. The minimum absolute atomic E-state index is 0.0717. The van der Waals surface area contributed by atoms with Crippen molar-refractivity contribution in [1.29, 1.82) is 0 Å². The predicted molar refractivity (Wildman–Crippen MR) is 166 cm³/mol. The number of aliphatic hydroxyl groups excluding tert-OH is 1. The van der Waals surface area contributed by atoms with Crippen LogP contribution >= 0.6 is 7.82 Å². The minimum atomic E-state index is -4.33. The molecule has 40 heavy (non-hydrogen) atoms. The molecule has 3 atom stereocenters. The Labute approximate surface area is 244 Å². The van der Waals surface area contributed by atoms with E-state index in [0.717, 1.165) is 44.9 Å². The molecule has 0 spiro atoms. The number of phosphoric ester groups is 1. The van der Waals surface area contributed by atoms with E-state index in [1.807, 2.05) is 19.1 Å². The largest absolute Gasteiger partial charge is 0.472 e. The molecule has 3 unspecified atom stereocenters. The number of unbranched alkanes of at least 4 members (excludes halogenated alkanes) is 13. The molecule has 0 saturated heterocycles. The smallest absolute Gasteiger partial charge is 0.387 e. The van der Waals surface area contributed by atoms with E-state index in [4.69, 9.17) is 14.8 Å². The second-order valence-electron chi connectivity index (χ2n) is 10.3. The molecule has 9 heteroatoms. The van der Waals surface area contributed by atoms with Crippen molar-refractivity contribution in [3.8, 4) is 0 Å². The number of hydrogen-bond donors (Lipinski definition) is 4. The maximum atomic E-state index is 12.6. The maximum Gasteiger partial charge on any atom is 0.472 e. The fourth-order valence-corrected chi connectivity index (χ4v) is 4.93. The van der Waals surface area contributed by atoms with Crippen LogP contribution in [0.4, 0.5) is 0 Å². The second kappa shape index (κ2) is 27.9. The van der Waals surface area contributed by atoms with Gasteiger partial charge in [-0.3, -0.25) is 13.8 Å². The molecule has 234 valence electrons. The summed E-state index contributed by atoms with van der Waals surface area (Å²) in [5.74, 6) is -0.215. The highest BCUT2D eigenvalue weighted by Crippen LogP contribution is 2.43. The van der Waals surface area contributed by atoms with Gasteiger partial charge in [0, 0.05) is 13.0 Å². The average molecular weight is 587 g/mol. The molecule has 0 aromatic carbocycles. The van der Waals surface area contributed by atoms with Crippen molar-refractivity contribution in [3.05, 3.63) is 36.5 Å². The van der Waals surface area contributed by atoms with Gasteiger partial charge in [0.2, 0.25) is 5.91 Å². The quantitative estimate of drug-likeness (QED) is 0.0431. The molecule has 0 aromatic rings. The number of amides is 1. The van der Waals surface area contributed by atoms with Gasteiger partial charge in [-0.1, -0.05) is 114 Å². The van der Waals surface area contributed by atoms with E-state index in [2.05, 4.69) is 30.5 Å². The Morgan fingerprint density at radius 3 is 1.93 bits per heavy atom. The third-order valence-corrected chi connectivity index (χ3v) is 7.53. The topological polar surface area (TPSA) is 131 Å². The van der Waals surface area contributed by atoms with Crippen LogP contribution in [-0.2, 0) is 18.4 Å². The van der Waals surface area contributed by atoms with Crippen LogP contribution in [-0.4, -0.2) is 47.8 Å². The first-order chi connectivity index (χ1) is 19.4. The molecule has 8 nitrogen and oxygen atoms in total. The number of allylic oxidation sites excluding steroid dienone is 5. The molecule has 0 rings (SSSR count). The fraction of sp³-hybridized carbons (Fsp3) is 0.774. The molecule has 0 aliphatic heterocycles. The van der Waals surface area contributed by atoms with Gasteiger partial charge in [0.15, 0.2) is 0 Å². The van der Waals surface area contributed by atoms with Gasteiger partial charge in [-0.2, -0.15) is 0 Å². The van der Waals surface area contributed by atoms with Crippen molar-refractivity contribution in [2.45, 2.75) is 135 Å². The zero-order valence-electron chi connectivity index (χ0n) is 25.3. The Morgan fingerprint density at radius 2 is 1.38 bits per heavy atom. The van der Waals surface area contributed by atoms with Gasteiger partial charge in [0.05, 0.1) is 25.4 Å². The number of nitrogens with two attached hydrogens (primary N) is 1. The van der Waals surface area contributed by atoms with Crippen molar-refractivity contribution in [1.82, 2.24) is 5.32 Å². The van der Waals surface area contributed by atoms with Crippen LogP contribution in [0.1, 0.15) is 123 Å². The summed E-state index contributed by atoms with van der Waals surface area (Å²) in [6.07, 6.45) is 29.3. The molecular weight excluding hydrogens is 527 g/mol. The summed E-state index contributed by atoms with van der Waals surface area (Å²) >= 11 is 0. The highest BCUT2D eigenvalue weighted by molar-refractivity contribution is 7.47. The number of carbonyl (C=O) groups excluding carboxylic acids is 1. The van der Waals surface area contributed by atoms with E-state index in [-0.39, 0.29) is 25.7 Å². The lowest BCUT2D eigenvalue weighted by atomic mass is 10.0. The monoisotopic (exact) mass is 586 g/mol. The average Bonchev–Trinajstić information content (AvgIpc) is 2.93. The first kappa shape index (κ1) is 38.7. The van der Waals surface area contributed by atoms with E-state index in [1.54, 1.807) is 6.08 Å². The SMILES string of the molecule is C/C=C/CC/C=C/CC/C=C/C(O)C(COP(=O)(O)OCCN)NC(=O)CCCCCCCCCCCCCC. The molecule has 0 aromatic heterocycles. The number of aliphatic hydroxyl groups is 1. The molecule has 0 heterocycles. The molecule has 5 N–H and O–H groups in total. The highest BCUT2D eigenvalue weighted by Gasteiger charge is 2.26. The number of hydrogen-bond acceptors (Lipinski definition) is 6. The molecule has 1 amide bonds. The van der Waals surface area contributed by atoms with Gasteiger partial charge in [-0.25, -0.2) is 4.57 Å². The van der Waals surface area contributed by atoms with Crippen molar-refractivity contribution in [2.24, 2.45) is 5.73 Å². The summed E-state index contributed by atoms with van der Waals surface area (Å²) in [7, 11) is -4.33. The van der Waals surface area contributed by atoms with Crippen LogP contribution in [0.2, 0.25) is 0 Å². The Kier molecular flexibility index (Phi) is 27.0. The number of nitrogens with one attached hydrogen (secondary N) is 1. The van der Waals surface area contributed by atoms with Crippen LogP contribution in [0.15, 0.2) is 36.5 Å². The lowest BCUT2D eigenvalue weighted by Gasteiger charge is -2.23. The summed E-state index contributed by atoms with van der Waals surface area (Å²) in [6, 6.07) is -0.876. The maximum absolute atomic E-state index is 12.6. The summed E-state index contributed by atoms with van der Waals surface area (Å²) in [4.78, 5) is 22.4. The van der Waals surface area contributed by atoms with Crippen LogP contribution in [0.3, 0.4) is 0 Å². The van der Waals surface area contributed by atoms with Crippen LogP contribution in [0, 0.1) is 0 Å². The third-order valence-electron chi connectivity index (χ3n) is 6.54.